The van der Waals surface area contributed by atoms with Crippen molar-refractivity contribution in [2.24, 2.45) is 0 Å². The second-order valence-corrected chi connectivity index (χ2v) is 6.91. The summed E-state index contributed by atoms with van der Waals surface area (Å²) >= 11 is 0. The molecule has 114 valence electrons. The molecule has 0 aliphatic carbocycles. The van der Waals surface area contributed by atoms with E-state index in [0.29, 0.717) is 19.7 Å². The summed E-state index contributed by atoms with van der Waals surface area (Å²) in [5.74, 6) is 0.940. The fraction of sp³-hybridized carbons (Fsp3) is 0.625. The Morgan fingerprint density at radius 1 is 1.38 bits per heavy atom. The molecule has 1 aromatic rings. The lowest BCUT2D eigenvalue weighted by molar-refractivity contribution is 0.0152. The molecule has 5 nitrogen and oxygen atoms in total. The molecule has 0 radical (unpaired) electrons. The monoisotopic (exact) mass is 290 g/mol. The van der Waals surface area contributed by atoms with Crippen molar-refractivity contribution in [3.8, 4) is 5.75 Å². The molecule has 1 aromatic heterocycles. The Kier molecular flexibility index (Phi) is 3.30. The number of fused-ring (bicyclic) bond motifs is 2. The van der Waals surface area contributed by atoms with Gasteiger partial charge in [0.15, 0.2) is 0 Å². The van der Waals surface area contributed by atoms with E-state index >= 15 is 0 Å². The number of carbonyl (C=O) groups excluding carboxylic acids is 1. The third-order valence-corrected chi connectivity index (χ3v) is 4.23. The molecule has 3 heterocycles. The number of piperidine rings is 1. The van der Waals surface area contributed by atoms with Crippen molar-refractivity contribution in [3.63, 3.8) is 0 Å². The van der Waals surface area contributed by atoms with Gasteiger partial charge in [0.1, 0.15) is 11.4 Å². The van der Waals surface area contributed by atoms with Gasteiger partial charge in [-0.05, 0) is 39.7 Å². The lowest BCUT2D eigenvalue weighted by Gasteiger charge is -2.38. The quantitative estimate of drug-likeness (QED) is 0.737. The Labute approximate surface area is 125 Å². The molecule has 1 fully saturated rings. The molecule has 0 N–H and O–H groups in total. The number of rotatable bonds is 0. The van der Waals surface area contributed by atoms with Gasteiger partial charge in [-0.2, -0.15) is 0 Å². The molecule has 2 aliphatic rings. The first kappa shape index (κ1) is 14.2. The van der Waals surface area contributed by atoms with Gasteiger partial charge in [-0.1, -0.05) is 0 Å². The highest BCUT2D eigenvalue weighted by Crippen LogP contribution is 2.44. The molecule has 0 unspecified atom stereocenters. The van der Waals surface area contributed by atoms with E-state index in [-0.39, 0.29) is 11.5 Å². The van der Waals surface area contributed by atoms with Crippen LogP contribution in [-0.2, 0) is 10.2 Å². The summed E-state index contributed by atoms with van der Waals surface area (Å²) in [6.45, 7) is 7.77. The van der Waals surface area contributed by atoms with Crippen LogP contribution in [0.3, 0.4) is 0 Å². The number of amides is 1. The summed E-state index contributed by atoms with van der Waals surface area (Å²) in [7, 11) is 0. The number of ether oxygens (including phenoxy) is 2. The van der Waals surface area contributed by atoms with Crippen molar-refractivity contribution in [3.05, 3.63) is 24.0 Å². The summed E-state index contributed by atoms with van der Waals surface area (Å²) < 4.78 is 11.2. The predicted octanol–water partition coefficient (Wildman–Crippen LogP) is 2.74. The Bertz CT molecular complexity index is 543. The lowest BCUT2D eigenvalue weighted by Crippen LogP contribution is -2.47. The highest BCUT2D eigenvalue weighted by molar-refractivity contribution is 5.68. The van der Waals surface area contributed by atoms with Crippen LogP contribution in [0.1, 0.15) is 39.2 Å². The molecular weight excluding hydrogens is 268 g/mol. The molecule has 1 spiro atoms. The first-order chi connectivity index (χ1) is 9.90. The molecular formula is C16H22N2O3. The van der Waals surface area contributed by atoms with E-state index in [1.165, 1.54) is 5.56 Å². The van der Waals surface area contributed by atoms with E-state index in [4.69, 9.17) is 9.47 Å². The molecule has 1 amide bonds. The first-order valence-electron chi connectivity index (χ1n) is 7.45. The van der Waals surface area contributed by atoms with Gasteiger partial charge < -0.3 is 14.4 Å². The zero-order valence-electron chi connectivity index (χ0n) is 12.9. The summed E-state index contributed by atoms with van der Waals surface area (Å²) in [6, 6.07) is 1.92. The average molecular weight is 290 g/mol. The Balaban J connectivity index is 1.68. The zero-order chi connectivity index (χ0) is 15.1. The van der Waals surface area contributed by atoms with E-state index in [1.54, 1.807) is 11.1 Å². The van der Waals surface area contributed by atoms with Crippen LogP contribution in [0.4, 0.5) is 4.79 Å². The smallest absolute Gasteiger partial charge is 0.410 e. The van der Waals surface area contributed by atoms with Crippen molar-refractivity contribution in [2.75, 3.05) is 19.7 Å². The Hall–Kier alpha value is -1.78. The standard InChI is InChI=1S/C16H22N2O3/c1-15(2,3)21-14(19)18-8-5-16(6-9-18)11-20-13-4-7-17-10-12(13)16/h4,7,10H,5-6,8-9,11H2,1-3H3. The van der Waals surface area contributed by atoms with Crippen LogP contribution < -0.4 is 4.74 Å². The fourth-order valence-corrected chi connectivity index (χ4v) is 3.06. The van der Waals surface area contributed by atoms with Gasteiger partial charge in [0, 0.05) is 36.5 Å². The maximum Gasteiger partial charge on any atom is 0.410 e. The van der Waals surface area contributed by atoms with Gasteiger partial charge in [-0.25, -0.2) is 4.79 Å². The van der Waals surface area contributed by atoms with Crippen molar-refractivity contribution in [2.45, 2.75) is 44.6 Å². The zero-order valence-corrected chi connectivity index (χ0v) is 12.9. The third-order valence-electron chi connectivity index (χ3n) is 4.23. The third kappa shape index (κ3) is 2.69. The maximum absolute atomic E-state index is 12.1. The van der Waals surface area contributed by atoms with Crippen molar-refractivity contribution in [1.82, 2.24) is 9.88 Å². The second kappa shape index (κ2) is 4.90. The molecule has 0 atom stereocenters. The van der Waals surface area contributed by atoms with E-state index in [0.717, 1.165) is 18.6 Å². The highest BCUT2D eigenvalue weighted by atomic mass is 16.6. The van der Waals surface area contributed by atoms with Crippen LogP contribution in [0.25, 0.3) is 0 Å². The molecule has 3 rings (SSSR count). The van der Waals surface area contributed by atoms with Gasteiger partial charge in [0.05, 0.1) is 6.61 Å². The number of hydrogen-bond acceptors (Lipinski definition) is 4. The van der Waals surface area contributed by atoms with Gasteiger partial charge in [0.25, 0.3) is 0 Å². The van der Waals surface area contributed by atoms with Crippen LogP contribution in [0.15, 0.2) is 18.5 Å². The Morgan fingerprint density at radius 3 is 2.76 bits per heavy atom. The Morgan fingerprint density at radius 2 is 2.10 bits per heavy atom. The predicted molar refractivity (Wildman–Crippen MR) is 78.5 cm³/mol. The van der Waals surface area contributed by atoms with Crippen LogP contribution in [-0.4, -0.2) is 41.3 Å². The molecule has 2 aliphatic heterocycles. The van der Waals surface area contributed by atoms with Gasteiger partial charge >= 0.3 is 6.09 Å². The minimum Gasteiger partial charge on any atom is -0.492 e. The summed E-state index contributed by atoms with van der Waals surface area (Å²) in [4.78, 5) is 18.1. The van der Waals surface area contributed by atoms with E-state index in [9.17, 15) is 4.79 Å². The highest BCUT2D eigenvalue weighted by Gasteiger charge is 2.44. The van der Waals surface area contributed by atoms with Crippen molar-refractivity contribution < 1.29 is 14.3 Å². The molecule has 5 heteroatoms. The van der Waals surface area contributed by atoms with Crippen LogP contribution >= 0.6 is 0 Å². The van der Waals surface area contributed by atoms with Gasteiger partial charge in [0.2, 0.25) is 0 Å². The van der Waals surface area contributed by atoms with Crippen LogP contribution in [0.5, 0.6) is 5.75 Å². The van der Waals surface area contributed by atoms with Crippen LogP contribution in [0.2, 0.25) is 0 Å². The number of pyridine rings is 1. The number of likely N-dealkylation sites (tertiary alicyclic amines) is 1. The van der Waals surface area contributed by atoms with Crippen molar-refractivity contribution in [1.29, 1.82) is 0 Å². The molecule has 0 saturated carbocycles. The minimum absolute atomic E-state index is 0.0160. The fourth-order valence-electron chi connectivity index (χ4n) is 3.06. The largest absolute Gasteiger partial charge is 0.492 e. The average Bonchev–Trinajstić information content (AvgIpc) is 2.77. The van der Waals surface area contributed by atoms with Gasteiger partial charge in [-0.15, -0.1) is 0 Å². The SMILES string of the molecule is CC(C)(C)OC(=O)N1CCC2(CC1)COc1ccncc12. The number of aromatic nitrogens is 1. The van der Waals surface area contributed by atoms with Crippen LogP contribution in [0, 0.1) is 0 Å². The summed E-state index contributed by atoms with van der Waals surface area (Å²) in [5.41, 5.74) is 0.759. The van der Waals surface area contributed by atoms with E-state index < -0.39 is 5.60 Å². The van der Waals surface area contributed by atoms with Crippen molar-refractivity contribution >= 4 is 6.09 Å². The summed E-state index contributed by atoms with van der Waals surface area (Å²) in [6.07, 6.45) is 5.23. The topological polar surface area (TPSA) is 51.7 Å². The lowest BCUT2D eigenvalue weighted by atomic mass is 9.75. The first-order valence-corrected chi connectivity index (χ1v) is 7.45. The molecule has 0 aromatic carbocycles. The molecule has 1 saturated heterocycles. The maximum atomic E-state index is 12.1. The number of carbonyl (C=O) groups is 1. The summed E-state index contributed by atoms with van der Waals surface area (Å²) in [5, 5.41) is 0. The minimum atomic E-state index is -0.445. The van der Waals surface area contributed by atoms with E-state index in [2.05, 4.69) is 4.98 Å². The second-order valence-electron chi connectivity index (χ2n) is 6.91. The number of nitrogens with zero attached hydrogens (tertiary/aromatic N) is 2. The van der Waals surface area contributed by atoms with Gasteiger partial charge in [-0.3, -0.25) is 4.98 Å². The van der Waals surface area contributed by atoms with E-state index in [1.807, 2.05) is 33.0 Å². The number of hydrogen-bond donors (Lipinski definition) is 0. The molecule has 0 bridgehead atoms. The normalized spacial score (nSPS) is 20.0. The molecule has 21 heavy (non-hydrogen) atoms.